The average molecular weight is 222 g/mol. The fourth-order valence-electron chi connectivity index (χ4n) is 0.651. The van der Waals surface area contributed by atoms with Gasteiger partial charge in [0.2, 0.25) is 15.0 Å². The van der Waals surface area contributed by atoms with Gasteiger partial charge in [-0.3, -0.25) is 0 Å². The van der Waals surface area contributed by atoms with Gasteiger partial charge < -0.3 is 5.73 Å². The first-order valence-corrected chi connectivity index (χ1v) is 5.59. The van der Waals surface area contributed by atoms with Crippen molar-refractivity contribution < 1.29 is 8.42 Å². The van der Waals surface area contributed by atoms with Gasteiger partial charge in [0.15, 0.2) is 0 Å². The van der Waals surface area contributed by atoms with E-state index in [9.17, 15) is 8.42 Å². The molecule has 0 fully saturated rings. The fraction of sp³-hybridized carbons (Fsp3) is 0.333. The molecule has 5 nitrogen and oxygen atoms in total. The molecule has 0 aliphatic rings. The third-order valence-electron chi connectivity index (χ3n) is 1.44. The quantitative estimate of drug-likeness (QED) is 0.549. The molecular formula is C6H8ClN3O2S. The predicted molar refractivity (Wildman–Crippen MR) is 49.3 cm³/mol. The molecular weight excluding hydrogens is 214 g/mol. The summed E-state index contributed by atoms with van der Waals surface area (Å²) in [4.78, 5) is 7.19. The topological polar surface area (TPSA) is 85.9 Å². The minimum atomic E-state index is -3.45. The van der Waals surface area contributed by atoms with Crippen LogP contribution in [0.25, 0.3) is 0 Å². The Morgan fingerprint density at radius 3 is 2.31 bits per heavy atom. The van der Waals surface area contributed by atoms with Crippen molar-refractivity contribution in [2.24, 2.45) is 0 Å². The van der Waals surface area contributed by atoms with Crippen molar-refractivity contribution in [1.29, 1.82) is 0 Å². The summed E-state index contributed by atoms with van der Waals surface area (Å²) in [6, 6.07) is 0. The van der Waals surface area contributed by atoms with E-state index in [-0.39, 0.29) is 16.1 Å². The number of anilines is 1. The summed E-state index contributed by atoms with van der Waals surface area (Å²) in [6.45, 7) is 1.61. The van der Waals surface area contributed by atoms with Crippen LogP contribution in [0.2, 0.25) is 5.15 Å². The number of hydrogen-bond acceptors (Lipinski definition) is 5. The van der Waals surface area contributed by atoms with Gasteiger partial charge >= 0.3 is 0 Å². The van der Waals surface area contributed by atoms with Crippen molar-refractivity contribution in [3.63, 3.8) is 0 Å². The number of halogens is 1. The minimum absolute atomic E-state index is 0.0629. The molecule has 0 atom stereocenters. The van der Waals surface area contributed by atoms with Gasteiger partial charge in [-0.05, 0) is 6.92 Å². The first-order valence-electron chi connectivity index (χ1n) is 3.32. The second kappa shape index (κ2) is 3.12. The lowest BCUT2D eigenvalue weighted by molar-refractivity contribution is 0.593. The second-order valence-electron chi connectivity index (χ2n) is 2.58. The van der Waals surface area contributed by atoms with E-state index in [0.29, 0.717) is 5.56 Å². The first kappa shape index (κ1) is 10.2. The Morgan fingerprint density at radius 1 is 1.38 bits per heavy atom. The molecule has 2 N–H and O–H groups in total. The summed E-state index contributed by atoms with van der Waals surface area (Å²) >= 11 is 5.63. The Hall–Kier alpha value is -0.880. The lowest BCUT2D eigenvalue weighted by Crippen LogP contribution is -2.08. The largest absolute Gasteiger partial charge is 0.383 e. The van der Waals surface area contributed by atoms with Crippen molar-refractivity contribution in [2.45, 2.75) is 12.1 Å². The van der Waals surface area contributed by atoms with Crippen molar-refractivity contribution in [3.8, 4) is 0 Å². The maximum absolute atomic E-state index is 11.0. The van der Waals surface area contributed by atoms with Crippen LogP contribution in [-0.2, 0) is 9.84 Å². The Labute approximate surface area is 80.9 Å². The van der Waals surface area contributed by atoms with E-state index < -0.39 is 9.84 Å². The molecule has 0 saturated heterocycles. The van der Waals surface area contributed by atoms with Crippen LogP contribution in [0.1, 0.15) is 5.56 Å². The third kappa shape index (κ3) is 2.07. The van der Waals surface area contributed by atoms with Crippen LogP contribution in [0.5, 0.6) is 0 Å². The van der Waals surface area contributed by atoms with Gasteiger partial charge in [-0.15, -0.1) is 0 Å². The molecule has 0 bridgehead atoms. The molecule has 13 heavy (non-hydrogen) atoms. The third-order valence-corrected chi connectivity index (χ3v) is 2.65. The molecule has 0 saturated carbocycles. The van der Waals surface area contributed by atoms with E-state index in [4.69, 9.17) is 17.3 Å². The molecule has 0 spiro atoms. The molecule has 0 amide bonds. The van der Waals surface area contributed by atoms with E-state index in [2.05, 4.69) is 9.97 Å². The van der Waals surface area contributed by atoms with E-state index in [1.54, 1.807) is 6.92 Å². The van der Waals surface area contributed by atoms with Gasteiger partial charge in [0.1, 0.15) is 11.0 Å². The van der Waals surface area contributed by atoms with Gasteiger partial charge in [0.25, 0.3) is 0 Å². The number of nitrogens with zero attached hydrogens (tertiary/aromatic N) is 2. The summed E-state index contributed by atoms with van der Waals surface area (Å²) in [7, 11) is -3.45. The standard InChI is InChI=1S/C6H8ClN3O2S/c1-3-4(7)9-6(10-5(3)8)13(2,11)12/h1-2H3,(H2,8,9,10). The average Bonchev–Trinajstić information content (AvgIpc) is 1.97. The van der Waals surface area contributed by atoms with Crippen molar-refractivity contribution >= 4 is 27.3 Å². The number of hydrogen-bond donors (Lipinski definition) is 1. The zero-order valence-corrected chi connectivity index (χ0v) is 8.65. The Kier molecular flexibility index (Phi) is 2.44. The van der Waals surface area contributed by atoms with Crippen LogP contribution in [0.4, 0.5) is 5.82 Å². The lowest BCUT2D eigenvalue weighted by Gasteiger charge is -2.02. The monoisotopic (exact) mass is 221 g/mol. The smallest absolute Gasteiger partial charge is 0.250 e. The summed E-state index contributed by atoms with van der Waals surface area (Å²) in [5.41, 5.74) is 5.90. The zero-order valence-electron chi connectivity index (χ0n) is 7.07. The van der Waals surface area contributed by atoms with E-state index >= 15 is 0 Å². The number of nitrogen functional groups attached to an aromatic ring is 1. The minimum Gasteiger partial charge on any atom is -0.383 e. The number of rotatable bonds is 1. The maximum atomic E-state index is 11.0. The maximum Gasteiger partial charge on any atom is 0.250 e. The van der Waals surface area contributed by atoms with Crippen molar-refractivity contribution in [3.05, 3.63) is 10.7 Å². The number of nitrogens with two attached hydrogens (primary N) is 1. The van der Waals surface area contributed by atoms with Crippen LogP contribution >= 0.6 is 11.6 Å². The molecule has 1 aromatic rings. The van der Waals surface area contributed by atoms with Crippen LogP contribution in [0.3, 0.4) is 0 Å². The summed E-state index contributed by atoms with van der Waals surface area (Å²) in [5.74, 6) is 0.0837. The molecule has 0 radical (unpaired) electrons. The van der Waals surface area contributed by atoms with Gasteiger partial charge in [-0.25, -0.2) is 18.4 Å². The van der Waals surface area contributed by atoms with E-state index in [1.807, 2.05) is 0 Å². The summed E-state index contributed by atoms with van der Waals surface area (Å²) < 4.78 is 22.0. The van der Waals surface area contributed by atoms with Crippen molar-refractivity contribution in [2.75, 3.05) is 12.0 Å². The highest BCUT2D eigenvalue weighted by Crippen LogP contribution is 2.18. The molecule has 72 valence electrons. The lowest BCUT2D eigenvalue weighted by atomic mass is 10.4. The second-order valence-corrected chi connectivity index (χ2v) is 4.85. The van der Waals surface area contributed by atoms with Gasteiger partial charge in [0, 0.05) is 11.8 Å². The molecule has 1 heterocycles. The van der Waals surface area contributed by atoms with Crippen LogP contribution in [0.15, 0.2) is 5.16 Å². The van der Waals surface area contributed by atoms with Gasteiger partial charge in [-0.1, -0.05) is 11.6 Å². The summed E-state index contributed by atoms with van der Waals surface area (Å²) in [5, 5.41) is -0.284. The van der Waals surface area contributed by atoms with Gasteiger partial charge in [-0.2, -0.15) is 0 Å². The molecule has 1 rings (SSSR count). The van der Waals surface area contributed by atoms with E-state index in [1.165, 1.54) is 0 Å². The molecule has 0 unspecified atom stereocenters. The molecule has 7 heteroatoms. The number of sulfone groups is 1. The highest BCUT2D eigenvalue weighted by Gasteiger charge is 2.14. The number of aromatic nitrogens is 2. The van der Waals surface area contributed by atoms with Gasteiger partial charge in [0.05, 0.1) is 0 Å². The van der Waals surface area contributed by atoms with E-state index in [0.717, 1.165) is 6.26 Å². The molecule has 1 aromatic heterocycles. The highest BCUT2D eigenvalue weighted by molar-refractivity contribution is 7.90. The molecule has 0 aromatic carbocycles. The Balaban J connectivity index is 3.47. The zero-order chi connectivity index (χ0) is 10.2. The Bertz CT molecular complexity index is 420. The van der Waals surface area contributed by atoms with Crippen LogP contribution < -0.4 is 5.73 Å². The van der Waals surface area contributed by atoms with Crippen LogP contribution in [-0.4, -0.2) is 24.6 Å². The fourth-order valence-corrected chi connectivity index (χ4v) is 1.40. The summed E-state index contributed by atoms with van der Waals surface area (Å²) in [6.07, 6.45) is 0.993. The SMILES string of the molecule is Cc1c(N)nc(S(C)(=O)=O)nc1Cl. The normalized spacial score (nSPS) is 11.6. The molecule has 0 aliphatic heterocycles. The van der Waals surface area contributed by atoms with Crippen LogP contribution in [0, 0.1) is 6.92 Å². The van der Waals surface area contributed by atoms with Crippen molar-refractivity contribution in [1.82, 2.24) is 9.97 Å². The molecule has 0 aliphatic carbocycles. The Morgan fingerprint density at radius 2 is 1.92 bits per heavy atom. The predicted octanol–water partition coefficient (Wildman–Crippen LogP) is 0.424. The highest BCUT2D eigenvalue weighted by atomic mass is 35.5. The first-order chi connectivity index (χ1) is 5.82.